The Labute approximate surface area is 158 Å². The second kappa shape index (κ2) is 6.87. The first-order valence-corrected chi connectivity index (χ1v) is 9.13. The van der Waals surface area contributed by atoms with Gasteiger partial charge in [-0.15, -0.1) is 0 Å². The Morgan fingerprint density at radius 1 is 1.15 bits per heavy atom. The second-order valence-electron chi connectivity index (χ2n) is 7.15. The van der Waals surface area contributed by atoms with Crippen molar-refractivity contribution in [3.8, 4) is 0 Å². The number of benzene rings is 2. The van der Waals surface area contributed by atoms with Crippen LogP contribution < -0.4 is 10.6 Å². The highest BCUT2D eigenvalue weighted by Gasteiger charge is 2.41. The van der Waals surface area contributed by atoms with Gasteiger partial charge >= 0.3 is 0 Å². The van der Waals surface area contributed by atoms with Gasteiger partial charge in [0.15, 0.2) is 0 Å². The molecule has 3 aromatic rings. The van der Waals surface area contributed by atoms with Crippen molar-refractivity contribution in [1.29, 1.82) is 0 Å². The number of carbonyl (C=O) groups excluding carboxylic acids is 1. The number of hydrogen-bond donors (Lipinski definition) is 2. The highest BCUT2D eigenvalue weighted by Crippen LogP contribution is 2.36. The minimum atomic E-state index is -0.331. The van der Waals surface area contributed by atoms with Crippen LogP contribution in [0.1, 0.15) is 29.7 Å². The van der Waals surface area contributed by atoms with E-state index in [2.05, 4.69) is 26.8 Å². The number of anilines is 2. The summed E-state index contributed by atoms with van der Waals surface area (Å²) < 4.78 is 1.81. The SMILES string of the molecule is Cc1ccc(NC(=O)C2C(C)Nc3ncnn3C2c2ccccc2)c(C)c1. The average Bonchev–Trinajstić information content (AvgIpc) is 3.11. The van der Waals surface area contributed by atoms with Crippen LogP contribution in [-0.4, -0.2) is 26.7 Å². The van der Waals surface area contributed by atoms with E-state index in [4.69, 9.17) is 0 Å². The Balaban J connectivity index is 1.71. The van der Waals surface area contributed by atoms with Gasteiger partial charge in [-0.2, -0.15) is 10.1 Å². The summed E-state index contributed by atoms with van der Waals surface area (Å²) in [6.45, 7) is 6.07. The molecule has 3 atom stereocenters. The van der Waals surface area contributed by atoms with Gasteiger partial charge in [-0.05, 0) is 38.0 Å². The molecule has 6 nitrogen and oxygen atoms in total. The first kappa shape index (κ1) is 17.3. The van der Waals surface area contributed by atoms with E-state index in [1.165, 1.54) is 11.9 Å². The Bertz CT molecular complexity index is 966. The molecule has 3 unspecified atom stereocenters. The molecule has 0 saturated heterocycles. The molecule has 0 radical (unpaired) electrons. The third-order valence-electron chi connectivity index (χ3n) is 5.16. The maximum absolute atomic E-state index is 13.3. The lowest BCUT2D eigenvalue weighted by molar-refractivity contribution is -0.121. The second-order valence-corrected chi connectivity index (χ2v) is 7.15. The number of rotatable bonds is 3. The van der Waals surface area contributed by atoms with Gasteiger partial charge in [0.25, 0.3) is 0 Å². The van der Waals surface area contributed by atoms with E-state index in [1.807, 2.05) is 67.9 Å². The number of aryl methyl sites for hydroxylation is 2. The summed E-state index contributed by atoms with van der Waals surface area (Å²) in [4.78, 5) is 17.6. The molecule has 1 aliphatic rings. The van der Waals surface area contributed by atoms with Crippen molar-refractivity contribution in [2.24, 2.45) is 5.92 Å². The first-order chi connectivity index (χ1) is 13.0. The zero-order valence-corrected chi connectivity index (χ0v) is 15.7. The summed E-state index contributed by atoms with van der Waals surface area (Å²) in [7, 11) is 0. The van der Waals surface area contributed by atoms with E-state index >= 15 is 0 Å². The predicted octanol–water partition coefficient (Wildman–Crippen LogP) is 3.55. The van der Waals surface area contributed by atoms with E-state index in [1.54, 1.807) is 0 Å². The number of amides is 1. The Kier molecular flexibility index (Phi) is 4.39. The highest BCUT2D eigenvalue weighted by molar-refractivity contribution is 5.94. The fraction of sp³-hybridized carbons (Fsp3) is 0.286. The molecule has 0 fully saturated rings. The summed E-state index contributed by atoms with van der Waals surface area (Å²) in [6, 6.07) is 15.7. The topological polar surface area (TPSA) is 71.8 Å². The normalized spacial score (nSPS) is 21.2. The van der Waals surface area contributed by atoms with Crippen molar-refractivity contribution in [2.75, 3.05) is 10.6 Å². The molecular weight excluding hydrogens is 338 g/mol. The number of nitrogens with zero attached hydrogens (tertiary/aromatic N) is 3. The van der Waals surface area contributed by atoms with E-state index in [0.29, 0.717) is 5.95 Å². The third kappa shape index (κ3) is 3.18. The molecule has 1 amide bonds. The molecule has 138 valence electrons. The average molecular weight is 361 g/mol. The quantitative estimate of drug-likeness (QED) is 0.748. The molecule has 0 bridgehead atoms. The van der Waals surface area contributed by atoms with Gasteiger partial charge in [0.05, 0.1) is 12.0 Å². The van der Waals surface area contributed by atoms with E-state index < -0.39 is 0 Å². The number of hydrogen-bond acceptors (Lipinski definition) is 4. The van der Waals surface area contributed by atoms with Gasteiger partial charge in [0, 0.05) is 11.7 Å². The maximum atomic E-state index is 13.3. The summed E-state index contributed by atoms with van der Waals surface area (Å²) in [6.07, 6.45) is 1.52. The van der Waals surface area contributed by atoms with Crippen molar-refractivity contribution in [3.63, 3.8) is 0 Å². The smallest absolute Gasteiger partial charge is 0.232 e. The summed E-state index contributed by atoms with van der Waals surface area (Å²) >= 11 is 0. The molecule has 0 aliphatic carbocycles. The predicted molar refractivity (Wildman–Crippen MR) is 106 cm³/mol. The lowest BCUT2D eigenvalue weighted by Gasteiger charge is -2.37. The minimum Gasteiger partial charge on any atom is -0.351 e. The first-order valence-electron chi connectivity index (χ1n) is 9.13. The molecule has 4 rings (SSSR count). The fourth-order valence-corrected chi connectivity index (χ4v) is 3.82. The van der Waals surface area contributed by atoms with Gasteiger partial charge in [-0.3, -0.25) is 4.79 Å². The third-order valence-corrected chi connectivity index (χ3v) is 5.16. The maximum Gasteiger partial charge on any atom is 0.232 e. The van der Waals surface area contributed by atoms with Gasteiger partial charge in [-0.1, -0.05) is 48.0 Å². The fourth-order valence-electron chi connectivity index (χ4n) is 3.82. The Hall–Kier alpha value is -3.15. The van der Waals surface area contributed by atoms with Crippen molar-refractivity contribution in [2.45, 2.75) is 32.9 Å². The standard InChI is InChI=1S/C21H23N5O/c1-13-9-10-17(14(2)11-13)25-20(27)18-15(3)24-21-22-12-23-26(21)19(18)16-7-5-4-6-8-16/h4-12,15,18-19H,1-3H3,(H,25,27)(H,22,23,24). The summed E-state index contributed by atoms with van der Waals surface area (Å²) in [5.41, 5.74) is 4.11. The van der Waals surface area contributed by atoms with Gasteiger partial charge in [-0.25, -0.2) is 4.68 Å². The summed E-state index contributed by atoms with van der Waals surface area (Å²) in [5, 5.41) is 10.8. The number of carbonyl (C=O) groups is 1. The van der Waals surface area contributed by atoms with Crippen molar-refractivity contribution < 1.29 is 4.79 Å². The Morgan fingerprint density at radius 3 is 2.67 bits per heavy atom. The number of nitrogens with one attached hydrogen (secondary N) is 2. The molecule has 0 saturated carbocycles. The molecule has 27 heavy (non-hydrogen) atoms. The van der Waals surface area contributed by atoms with Gasteiger partial charge in [0.1, 0.15) is 6.33 Å². The van der Waals surface area contributed by atoms with Crippen molar-refractivity contribution >= 4 is 17.5 Å². The van der Waals surface area contributed by atoms with Crippen LogP contribution >= 0.6 is 0 Å². The molecule has 2 heterocycles. The number of aromatic nitrogens is 3. The molecular formula is C21H23N5O. The molecule has 2 aromatic carbocycles. The summed E-state index contributed by atoms with van der Waals surface area (Å²) in [5.74, 6) is 0.325. The number of fused-ring (bicyclic) bond motifs is 1. The van der Waals surface area contributed by atoms with Crippen molar-refractivity contribution in [1.82, 2.24) is 14.8 Å². The Morgan fingerprint density at radius 2 is 1.93 bits per heavy atom. The molecule has 0 spiro atoms. The van der Waals surface area contributed by atoms with E-state index in [0.717, 1.165) is 16.8 Å². The van der Waals surface area contributed by atoms with Crippen LogP contribution in [0.15, 0.2) is 54.9 Å². The monoisotopic (exact) mass is 361 g/mol. The largest absolute Gasteiger partial charge is 0.351 e. The van der Waals surface area contributed by atoms with Gasteiger partial charge in [0.2, 0.25) is 11.9 Å². The van der Waals surface area contributed by atoms with Crippen LogP contribution in [0.25, 0.3) is 0 Å². The zero-order valence-electron chi connectivity index (χ0n) is 15.7. The van der Waals surface area contributed by atoms with E-state index in [9.17, 15) is 4.79 Å². The lowest BCUT2D eigenvalue weighted by atomic mass is 9.85. The van der Waals surface area contributed by atoms with Crippen LogP contribution in [0.4, 0.5) is 11.6 Å². The zero-order chi connectivity index (χ0) is 19.0. The molecule has 1 aromatic heterocycles. The molecule has 2 N–H and O–H groups in total. The van der Waals surface area contributed by atoms with Gasteiger partial charge < -0.3 is 10.6 Å². The van der Waals surface area contributed by atoms with Crippen LogP contribution in [-0.2, 0) is 4.79 Å². The molecule has 6 heteroatoms. The van der Waals surface area contributed by atoms with Crippen LogP contribution in [0, 0.1) is 19.8 Å². The molecule has 1 aliphatic heterocycles. The van der Waals surface area contributed by atoms with Crippen molar-refractivity contribution in [3.05, 3.63) is 71.5 Å². The lowest BCUT2D eigenvalue weighted by Crippen LogP contribution is -2.46. The van der Waals surface area contributed by atoms with Crippen LogP contribution in [0.2, 0.25) is 0 Å². The van der Waals surface area contributed by atoms with Crippen LogP contribution in [0.3, 0.4) is 0 Å². The highest BCUT2D eigenvalue weighted by atomic mass is 16.2. The minimum absolute atomic E-state index is 0.0306. The van der Waals surface area contributed by atoms with E-state index in [-0.39, 0.29) is 23.9 Å². The van der Waals surface area contributed by atoms with Crippen LogP contribution in [0.5, 0.6) is 0 Å².